The number of nitrogens with one attached hydrogen (secondary N) is 2. The number of hydrogen-bond acceptors (Lipinski definition) is 3. The van der Waals surface area contributed by atoms with Gasteiger partial charge in [-0.3, -0.25) is 9.79 Å². The lowest BCUT2D eigenvalue weighted by molar-refractivity contribution is -0.128. The van der Waals surface area contributed by atoms with E-state index < -0.39 is 0 Å². The Bertz CT molecular complexity index is 901. The number of aryl methyl sites for hydroxylation is 1. The van der Waals surface area contributed by atoms with Crippen LogP contribution in [0.1, 0.15) is 35.1 Å². The molecule has 0 radical (unpaired) electrons. The first kappa shape index (κ1) is 25.0. The van der Waals surface area contributed by atoms with Crippen molar-refractivity contribution in [3.8, 4) is 5.75 Å². The van der Waals surface area contributed by atoms with Gasteiger partial charge in [-0.25, -0.2) is 0 Å². The van der Waals surface area contributed by atoms with Crippen molar-refractivity contribution in [1.82, 2.24) is 15.5 Å². The molecule has 0 atom stereocenters. The predicted molar refractivity (Wildman–Crippen MR) is 136 cm³/mol. The monoisotopic (exact) mass is 536 g/mol. The molecule has 2 aromatic rings. The van der Waals surface area contributed by atoms with E-state index in [1.165, 1.54) is 22.3 Å². The number of amides is 1. The Kier molecular flexibility index (Phi) is 10.1. The molecule has 0 bridgehead atoms. The minimum atomic E-state index is 0. The van der Waals surface area contributed by atoms with Gasteiger partial charge in [-0.2, -0.15) is 0 Å². The van der Waals surface area contributed by atoms with E-state index in [0.29, 0.717) is 19.5 Å². The van der Waals surface area contributed by atoms with Gasteiger partial charge in [-0.1, -0.05) is 42.0 Å². The minimum absolute atomic E-state index is 0. The summed E-state index contributed by atoms with van der Waals surface area (Å²) in [5.41, 5.74) is 4.77. The Hall–Kier alpha value is -2.29. The van der Waals surface area contributed by atoms with Gasteiger partial charge in [0.2, 0.25) is 5.91 Å². The fourth-order valence-electron chi connectivity index (χ4n) is 3.78. The number of carbonyl (C=O) groups excluding carboxylic acids is 1. The molecule has 0 aliphatic carbocycles. The first-order valence-electron chi connectivity index (χ1n) is 10.5. The average Bonchev–Trinajstić information content (AvgIpc) is 3.16. The van der Waals surface area contributed by atoms with Crippen molar-refractivity contribution in [3.05, 3.63) is 64.7 Å². The highest BCUT2D eigenvalue weighted by atomic mass is 127. The molecule has 1 fully saturated rings. The van der Waals surface area contributed by atoms with Gasteiger partial charge in [0, 0.05) is 39.6 Å². The number of hydrogen-bond donors (Lipinski definition) is 2. The first-order chi connectivity index (χ1) is 14.6. The standard InChI is InChI=1S/C24H32N4O2.HI/c1-18-10-11-22(30-3)19(15-18)12-13-26-24(25-2)27-16-20-7-4-5-8-21(20)17-28-14-6-9-23(28)29;/h4-5,7-8,10-11,15H,6,9,12-14,16-17H2,1-3H3,(H2,25,26,27);1H. The van der Waals surface area contributed by atoms with E-state index in [0.717, 1.165) is 37.6 Å². The molecule has 6 nitrogen and oxygen atoms in total. The second-order valence-corrected chi connectivity index (χ2v) is 7.61. The second kappa shape index (κ2) is 12.5. The summed E-state index contributed by atoms with van der Waals surface area (Å²) in [7, 11) is 3.48. The first-order valence-corrected chi connectivity index (χ1v) is 10.5. The van der Waals surface area contributed by atoms with Crippen LogP contribution in [0.4, 0.5) is 0 Å². The highest BCUT2D eigenvalue weighted by molar-refractivity contribution is 14.0. The maximum absolute atomic E-state index is 12.0. The van der Waals surface area contributed by atoms with E-state index >= 15 is 0 Å². The molecular formula is C24H33IN4O2. The largest absolute Gasteiger partial charge is 0.496 e. The Labute approximate surface area is 202 Å². The molecule has 0 saturated carbocycles. The number of likely N-dealkylation sites (tertiary alicyclic amines) is 1. The van der Waals surface area contributed by atoms with E-state index in [9.17, 15) is 4.79 Å². The number of benzene rings is 2. The van der Waals surface area contributed by atoms with Gasteiger partial charge >= 0.3 is 0 Å². The molecule has 2 aromatic carbocycles. The van der Waals surface area contributed by atoms with E-state index in [-0.39, 0.29) is 29.9 Å². The molecule has 7 heteroatoms. The molecule has 168 valence electrons. The van der Waals surface area contributed by atoms with Gasteiger partial charge in [0.1, 0.15) is 5.75 Å². The van der Waals surface area contributed by atoms with Crippen molar-refractivity contribution in [3.63, 3.8) is 0 Å². The van der Waals surface area contributed by atoms with Crippen LogP contribution in [0, 0.1) is 6.92 Å². The van der Waals surface area contributed by atoms with Crippen LogP contribution in [0.5, 0.6) is 5.75 Å². The lowest BCUT2D eigenvalue weighted by atomic mass is 10.1. The summed E-state index contributed by atoms with van der Waals surface area (Å²) in [4.78, 5) is 18.3. The van der Waals surface area contributed by atoms with Gasteiger partial charge in [0.15, 0.2) is 5.96 Å². The summed E-state index contributed by atoms with van der Waals surface area (Å²) < 4.78 is 5.46. The smallest absolute Gasteiger partial charge is 0.222 e. The Morgan fingerprint density at radius 2 is 1.90 bits per heavy atom. The topological polar surface area (TPSA) is 66.0 Å². The number of ether oxygens (including phenoxy) is 1. The van der Waals surface area contributed by atoms with E-state index in [1.807, 2.05) is 23.1 Å². The SMILES string of the molecule is CN=C(NCCc1cc(C)ccc1OC)NCc1ccccc1CN1CCCC1=O.I. The third kappa shape index (κ3) is 7.12. The van der Waals surface area contributed by atoms with Crippen molar-refractivity contribution in [2.45, 2.75) is 39.3 Å². The second-order valence-electron chi connectivity index (χ2n) is 7.61. The maximum Gasteiger partial charge on any atom is 0.222 e. The molecule has 1 heterocycles. The van der Waals surface area contributed by atoms with Crippen molar-refractivity contribution in [1.29, 1.82) is 0 Å². The lowest BCUT2D eigenvalue weighted by Crippen LogP contribution is -2.38. The molecule has 1 aliphatic rings. The zero-order valence-electron chi connectivity index (χ0n) is 18.6. The van der Waals surface area contributed by atoms with E-state index in [4.69, 9.17) is 4.74 Å². The summed E-state index contributed by atoms with van der Waals surface area (Å²) >= 11 is 0. The fourth-order valence-corrected chi connectivity index (χ4v) is 3.78. The quantitative estimate of drug-likeness (QED) is 0.307. The molecule has 0 unspecified atom stereocenters. The van der Waals surface area contributed by atoms with Crippen LogP contribution in [0.25, 0.3) is 0 Å². The molecule has 1 saturated heterocycles. The highest BCUT2D eigenvalue weighted by Gasteiger charge is 2.20. The number of guanidine groups is 1. The number of carbonyl (C=O) groups is 1. The molecule has 0 spiro atoms. The van der Waals surface area contributed by atoms with Crippen molar-refractivity contribution >= 4 is 35.8 Å². The normalized spacial score (nSPS) is 13.7. The van der Waals surface area contributed by atoms with Crippen LogP contribution in [0.3, 0.4) is 0 Å². The number of methoxy groups -OCH3 is 1. The summed E-state index contributed by atoms with van der Waals surface area (Å²) in [6, 6.07) is 14.5. The third-order valence-electron chi connectivity index (χ3n) is 5.44. The zero-order chi connectivity index (χ0) is 21.3. The van der Waals surface area contributed by atoms with Gasteiger partial charge in [0.05, 0.1) is 7.11 Å². The molecule has 0 aromatic heterocycles. The van der Waals surface area contributed by atoms with E-state index in [2.05, 4.69) is 46.8 Å². The molecule has 31 heavy (non-hydrogen) atoms. The molecule has 1 amide bonds. The van der Waals surface area contributed by atoms with Crippen LogP contribution in [-0.4, -0.2) is 44.0 Å². The van der Waals surface area contributed by atoms with Crippen LogP contribution in [-0.2, 0) is 24.3 Å². The summed E-state index contributed by atoms with van der Waals surface area (Å²) in [5, 5.41) is 6.77. The van der Waals surface area contributed by atoms with Gasteiger partial charge < -0.3 is 20.3 Å². The Balaban J connectivity index is 0.00000341. The van der Waals surface area contributed by atoms with Crippen molar-refractivity contribution < 1.29 is 9.53 Å². The van der Waals surface area contributed by atoms with Crippen molar-refractivity contribution in [2.24, 2.45) is 4.99 Å². The van der Waals surface area contributed by atoms with Crippen LogP contribution in [0.2, 0.25) is 0 Å². The average molecular weight is 536 g/mol. The zero-order valence-corrected chi connectivity index (χ0v) is 20.9. The van der Waals surface area contributed by atoms with E-state index in [1.54, 1.807) is 14.2 Å². The lowest BCUT2D eigenvalue weighted by Gasteiger charge is -2.19. The van der Waals surface area contributed by atoms with Crippen molar-refractivity contribution in [2.75, 3.05) is 27.2 Å². The highest BCUT2D eigenvalue weighted by Crippen LogP contribution is 2.20. The molecule has 1 aliphatic heterocycles. The van der Waals surface area contributed by atoms with Crippen LogP contribution < -0.4 is 15.4 Å². The minimum Gasteiger partial charge on any atom is -0.496 e. The number of rotatable bonds is 8. The summed E-state index contributed by atoms with van der Waals surface area (Å²) in [5.74, 6) is 1.92. The maximum atomic E-state index is 12.0. The number of nitrogens with zero attached hydrogens (tertiary/aromatic N) is 2. The number of halogens is 1. The van der Waals surface area contributed by atoms with Gasteiger partial charge in [0.25, 0.3) is 0 Å². The molecular weight excluding hydrogens is 503 g/mol. The van der Waals surface area contributed by atoms with Gasteiger partial charge in [-0.15, -0.1) is 24.0 Å². The Morgan fingerprint density at radius 1 is 1.13 bits per heavy atom. The summed E-state index contributed by atoms with van der Waals surface area (Å²) in [6.45, 7) is 5.03. The third-order valence-corrected chi connectivity index (χ3v) is 5.44. The molecule has 2 N–H and O–H groups in total. The fraction of sp³-hybridized carbons (Fsp3) is 0.417. The van der Waals surface area contributed by atoms with Gasteiger partial charge in [-0.05, 0) is 42.5 Å². The Morgan fingerprint density at radius 3 is 2.58 bits per heavy atom. The summed E-state index contributed by atoms with van der Waals surface area (Å²) in [6.07, 6.45) is 2.48. The predicted octanol–water partition coefficient (Wildman–Crippen LogP) is 3.65. The molecule has 3 rings (SSSR count). The number of aliphatic imine (C=N–C) groups is 1. The van der Waals surface area contributed by atoms with Crippen LogP contribution >= 0.6 is 24.0 Å². The van der Waals surface area contributed by atoms with Crippen LogP contribution in [0.15, 0.2) is 47.5 Å².